The number of benzene rings is 2. The Labute approximate surface area is 192 Å². The molecule has 29 heavy (non-hydrogen) atoms. The molecule has 0 atom stereocenters. The second kappa shape index (κ2) is 11.0. The molecule has 0 aliphatic carbocycles. The maximum Gasteiger partial charge on any atom is 0.330 e. The highest BCUT2D eigenvalue weighted by molar-refractivity contribution is 7.99. The molecule has 0 N–H and O–H groups in total. The molecule has 0 spiro atoms. The standard InChI is InChI=1S/C20H14Cl4O4S/c1-27-15(25)9-5-11-3-7-13(19(23)17(11)21)29-14-8-4-12(18(22)20(14)24)6-10-16(26)28-2/h3-10H,1-2H3/b9-5+,10-6+. The van der Waals surface area contributed by atoms with Gasteiger partial charge >= 0.3 is 11.9 Å². The Morgan fingerprint density at radius 2 is 1.10 bits per heavy atom. The Balaban J connectivity index is 2.30. The summed E-state index contributed by atoms with van der Waals surface area (Å²) < 4.78 is 9.10. The van der Waals surface area contributed by atoms with Gasteiger partial charge in [-0.25, -0.2) is 9.59 Å². The Kier molecular flexibility index (Phi) is 8.93. The molecule has 0 saturated heterocycles. The number of methoxy groups -OCH3 is 2. The van der Waals surface area contributed by atoms with E-state index in [0.717, 1.165) is 0 Å². The normalized spacial score (nSPS) is 11.2. The van der Waals surface area contributed by atoms with Crippen LogP contribution < -0.4 is 0 Å². The van der Waals surface area contributed by atoms with Gasteiger partial charge in [-0.3, -0.25) is 0 Å². The van der Waals surface area contributed by atoms with Crippen molar-refractivity contribution < 1.29 is 19.1 Å². The molecule has 0 aromatic heterocycles. The van der Waals surface area contributed by atoms with Gasteiger partial charge in [0.25, 0.3) is 0 Å². The lowest BCUT2D eigenvalue weighted by Gasteiger charge is -2.11. The van der Waals surface area contributed by atoms with Gasteiger partial charge in [-0.2, -0.15) is 0 Å². The van der Waals surface area contributed by atoms with Gasteiger partial charge in [-0.15, -0.1) is 0 Å². The molecule has 2 aromatic rings. The average molecular weight is 492 g/mol. The van der Waals surface area contributed by atoms with Crippen molar-refractivity contribution in [3.8, 4) is 0 Å². The number of hydrogen-bond acceptors (Lipinski definition) is 5. The van der Waals surface area contributed by atoms with Crippen LogP contribution >= 0.6 is 58.2 Å². The summed E-state index contributed by atoms with van der Waals surface area (Å²) in [5.41, 5.74) is 1.14. The van der Waals surface area contributed by atoms with Gasteiger partial charge in [-0.05, 0) is 35.4 Å². The maximum atomic E-state index is 11.2. The summed E-state index contributed by atoms with van der Waals surface area (Å²) in [6.07, 6.45) is 5.53. The third-order valence-corrected chi connectivity index (χ3v) is 6.71. The van der Waals surface area contributed by atoms with Crippen LogP contribution in [-0.4, -0.2) is 26.2 Å². The van der Waals surface area contributed by atoms with Gasteiger partial charge in [0.05, 0.1) is 34.3 Å². The first-order chi connectivity index (χ1) is 13.8. The van der Waals surface area contributed by atoms with Crippen molar-refractivity contribution in [2.75, 3.05) is 14.2 Å². The second-order valence-electron chi connectivity index (χ2n) is 5.38. The molecule has 0 amide bonds. The number of rotatable bonds is 6. The van der Waals surface area contributed by atoms with E-state index in [1.807, 2.05) is 0 Å². The Hall–Kier alpha value is -1.63. The minimum absolute atomic E-state index is 0.289. The highest BCUT2D eigenvalue weighted by Crippen LogP contribution is 2.43. The molecule has 4 nitrogen and oxygen atoms in total. The van der Waals surface area contributed by atoms with Crippen molar-refractivity contribution in [2.24, 2.45) is 0 Å². The monoisotopic (exact) mass is 490 g/mol. The van der Waals surface area contributed by atoms with Crippen molar-refractivity contribution in [3.63, 3.8) is 0 Å². The molecule has 0 unspecified atom stereocenters. The van der Waals surface area contributed by atoms with E-state index in [0.29, 0.717) is 31.0 Å². The van der Waals surface area contributed by atoms with E-state index in [2.05, 4.69) is 9.47 Å². The van der Waals surface area contributed by atoms with Crippen LogP contribution in [0.1, 0.15) is 11.1 Å². The predicted molar refractivity (Wildman–Crippen MR) is 119 cm³/mol. The summed E-state index contributed by atoms with van der Waals surface area (Å²) in [4.78, 5) is 23.8. The van der Waals surface area contributed by atoms with Crippen LogP contribution in [0.25, 0.3) is 12.2 Å². The summed E-state index contributed by atoms with van der Waals surface area (Å²) in [6.45, 7) is 0. The maximum absolute atomic E-state index is 11.2. The van der Waals surface area contributed by atoms with Gasteiger partial charge in [-0.1, -0.05) is 70.3 Å². The van der Waals surface area contributed by atoms with E-state index in [1.54, 1.807) is 24.3 Å². The lowest BCUT2D eigenvalue weighted by Crippen LogP contribution is -1.93. The van der Waals surface area contributed by atoms with E-state index in [-0.39, 0.29) is 10.0 Å². The van der Waals surface area contributed by atoms with Crippen LogP contribution in [0.4, 0.5) is 0 Å². The molecule has 0 heterocycles. The summed E-state index contributed by atoms with van der Waals surface area (Å²) in [6, 6.07) is 6.95. The third-order valence-electron chi connectivity index (χ3n) is 3.57. The first-order valence-electron chi connectivity index (χ1n) is 7.94. The number of carbonyl (C=O) groups excluding carboxylic acids is 2. The molecule has 152 valence electrons. The topological polar surface area (TPSA) is 52.6 Å². The lowest BCUT2D eigenvalue weighted by molar-refractivity contribution is -0.135. The molecule has 0 fully saturated rings. The van der Waals surface area contributed by atoms with E-state index in [9.17, 15) is 9.59 Å². The van der Waals surface area contributed by atoms with Crippen LogP contribution in [0.15, 0.2) is 46.2 Å². The molecular formula is C20H14Cl4O4S. The zero-order chi connectivity index (χ0) is 21.6. The highest BCUT2D eigenvalue weighted by atomic mass is 35.5. The van der Waals surface area contributed by atoms with Gasteiger partial charge in [0.1, 0.15) is 0 Å². The van der Waals surface area contributed by atoms with Crippen LogP contribution in [0.2, 0.25) is 20.1 Å². The smallest absolute Gasteiger partial charge is 0.330 e. The summed E-state index contributed by atoms with van der Waals surface area (Å²) in [7, 11) is 2.57. The minimum Gasteiger partial charge on any atom is -0.466 e. The van der Waals surface area contributed by atoms with E-state index >= 15 is 0 Å². The molecule has 0 aliphatic heterocycles. The largest absolute Gasteiger partial charge is 0.466 e. The molecule has 9 heteroatoms. The van der Waals surface area contributed by atoms with Crippen molar-refractivity contribution in [1.29, 1.82) is 0 Å². The number of esters is 2. The van der Waals surface area contributed by atoms with Crippen LogP contribution in [-0.2, 0) is 19.1 Å². The molecule has 2 rings (SSSR count). The number of halogens is 4. The number of hydrogen-bond donors (Lipinski definition) is 0. The van der Waals surface area contributed by atoms with Gasteiger partial charge in [0.15, 0.2) is 0 Å². The quantitative estimate of drug-likeness (QED) is 0.327. The van der Waals surface area contributed by atoms with Crippen molar-refractivity contribution in [1.82, 2.24) is 0 Å². The van der Waals surface area contributed by atoms with Gasteiger partial charge in [0.2, 0.25) is 0 Å². The molecule has 0 saturated carbocycles. The fourth-order valence-electron chi connectivity index (χ4n) is 2.08. The van der Waals surface area contributed by atoms with Crippen LogP contribution in [0.3, 0.4) is 0 Å². The molecule has 2 aromatic carbocycles. The zero-order valence-corrected chi connectivity index (χ0v) is 19.0. The fourth-order valence-corrected chi connectivity index (χ4v) is 4.11. The SMILES string of the molecule is COC(=O)/C=C/c1ccc(Sc2ccc(/C=C/C(=O)OC)c(Cl)c2Cl)c(Cl)c1Cl. The lowest BCUT2D eigenvalue weighted by atomic mass is 10.2. The predicted octanol–water partition coefficient (Wildman–Crippen LogP) is 6.82. The molecule has 0 radical (unpaired) electrons. The summed E-state index contributed by atoms with van der Waals surface area (Å²) >= 11 is 26.7. The number of carbonyl (C=O) groups is 2. The van der Waals surface area contributed by atoms with Crippen LogP contribution in [0.5, 0.6) is 0 Å². The van der Waals surface area contributed by atoms with E-state index in [4.69, 9.17) is 46.4 Å². The first kappa shape index (κ1) is 23.6. The third kappa shape index (κ3) is 6.17. The first-order valence-corrected chi connectivity index (χ1v) is 10.3. The fraction of sp³-hybridized carbons (Fsp3) is 0.100. The van der Waals surface area contributed by atoms with Crippen molar-refractivity contribution >= 4 is 82.3 Å². The highest BCUT2D eigenvalue weighted by Gasteiger charge is 2.14. The van der Waals surface area contributed by atoms with Crippen molar-refractivity contribution in [3.05, 3.63) is 67.6 Å². The van der Waals surface area contributed by atoms with Gasteiger partial charge in [0, 0.05) is 21.9 Å². The molecule has 0 bridgehead atoms. The molecular weight excluding hydrogens is 478 g/mol. The Morgan fingerprint density at radius 1 is 0.724 bits per heavy atom. The second-order valence-corrected chi connectivity index (χ2v) is 7.97. The van der Waals surface area contributed by atoms with Crippen LogP contribution in [0, 0.1) is 0 Å². The van der Waals surface area contributed by atoms with Crippen molar-refractivity contribution in [2.45, 2.75) is 9.79 Å². The Morgan fingerprint density at radius 3 is 1.45 bits per heavy atom. The minimum atomic E-state index is -0.501. The summed E-state index contributed by atoms with van der Waals surface area (Å²) in [5, 5.41) is 1.20. The average Bonchev–Trinajstić information content (AvgIpc) is 2.72. The van der Waals surface area contributed by atoms with Gasteiger partial charge < -0.3 is 9.47 Å². The Bertz CT molecular complexity index is 923. The zero-order valence-electron chi connectivity index (χ0n) is 15.2. The number of ether oxygens (including phenoxy) is 2. The summed E-state index contributed by atoms with van der Waals surface area (Å²) in [5.74, 6) is -1.00. The van der Waals surface area contributed by atoms with E-state index in [1.165, 1.54) is 50.3 Å². The van der Waals surface area contributed by atoms with E-state index < -0.39 is 11.9 Å². The molecule has 0 aliphatic rings.